The fourth-order valence-corrected chi connectivity index (χ4v) is 3.23. The molecule has 2 atom stereocenters. The van der Waals surface area contributed by atoms with Crippen LogP contribution in [0.15, 0.2) is 30.5 Å². The maximum Gasteiger partial charge on any atom is 0.218 e. The lowest BCUT2D eigenvalue weighted by Gasteiger charge is -2.23. The van der Waals surface area contributed by atoms with Gasteiger partial charge in [0.25, 0.3) is 0 Å². The van der Waals surface area contributed by atoms with Crippen molar-refractivity contribution in [2.45, 2.75) is 38.8 Å². The number of aromatic nitrogens is 1. The van der Waals surface area contributed by atoms with Gasteiger partial charge in [-0.3, -0.25) is 9.59 Å². The Labute approximate surface area is 168 Å². The summed E-state index contributed by atoms with van der Waals surface area (Å²) in [6, 6.07) is 5.61. The highest BCUT2D eigenvalue weighted by atomic mass is 35.5. The van der Waals surface area contributed by atoms with E-state index in [9.17, 15) is 9.59 Å². The van der Waals surface area contributed by atoms with E-state index in [0.29, 0.717) is 17.8 Å². The van der Waals surface area contributed by atoms with Crippen LogP contribution in [0.5, 0.6) is 0 Å². The molecule has 0 radical (unpaired) electrons. The Balaban J connectivity index is 2.38. The van der Waals surface area contributed by atoms with Crippen LogP contribution in [-0.2, 0) is 4.79 Å². The second-order valence-electron chi connectivity index (χ2n) is 6.54. The minimum absolute atomic E-state index is 0.0315. The van der Waals surface area contributed by atoms with E-state index in [1.165, 1.54) is 12.3 Å². The molecule has 0 fully saturated rings. The van der Waals surface area contributed by atoms with Gasteiger partial charge in [-0.2, -0.15) is 0 Å². The topological polar surface area (TPSA) is 97.1 Å². The quantitative estimate of drug-likeness (QED) is 0.554. The summed E-state index contributed by atoms with van der Waals surface area (Å²) in [6.45, 7) is 3.67. The molecule has 28 heavy (non-hydrogen) atoms. The van der Waals surface area contributed by atoms with Crippen molar-refractivity contribution in [1.29, 1.82) is 0 Å². The van der Waals surface area contributed by atoms with E-state index < -0.39 is 23.5 Å². The summed E-state index contributed by atoms with van der Waals surface area (Å²) >= 11 is 6.15. The molecular weight excluding hydrogens is 383 g/mol. The Hall–Kier alpha value is -2.51. The molecule has 6 nitrogen and oxygen atoms in total. The number of nitrogens with one attached hydrogen (secondary N) is 2. The van der Waals surface area contributed by atoms with Crippen LogP contribution in [0, 0.1) is 5.82 Å². The van der Waals surface area contributed by atoms with Crippen LogP contribution in [-0.4, -0.2) is 29.8 Å². The van der Waals surface area contributed by atoms with Crippen LogP contribution in [0.25, 0.3) is 0 Å². The van der Waals surface area contributed by atoms with Gasteiger partial charge in [0.05, 0.1) is 10.6 Å². The van der Waals surface area contributed by atoms with Crippen LogP contribution in [0.2, 0.25) is 5.02 Å². The highest BCUT2D eigenvalue weighted by molar-refractivity contribution is 6.35. The molecule has 1 aromatic carbocycles. The monoisotopic (exact) mass is 406 g/mol. The highest BCUT2D eigenvalue weighted by Crippen LogP contribution is 2.30. The Morgan fingerprint density at radius 1 is 1.29 bits per heavy atom. The van der Waals surface area contributed by atoms with Crippen molar-refractivity contribution < 1.29 is 14.0 Å². The van der Waals surface area contributed by atoms with Crippen LogP contribution < -0.4 is 16.4 Å². The molecular formula is C20H24ClFN4O2. The first-order valence-corrected chi connectivity index (χ1v) is 9.37. The molecule has 0 aliphatic heterocycles. The van der Waals surface area contributed by atoms with Crippen LogP contribution in [0.4, 0.5) is 10.2 Å². The molecule has 0 bridgehead atoms. The third-order valence-corrected chi connectivity index (χ3v) is 4.72. The molecule has 2 aromatic rings. The number of primary amides is 1. The predicted molar refractivity (Wildman–Crippen MR) is 108 cm³/mol. The van der Waals surface area contributed by atoms with Gasteiger partial charge in [-0.15, -0.1) is 0 Å². The van der Waals surface area contributed by atoms with E-state index in [4.69, 9.17) is 17.3 Å². The van der Waals surface area contributed by atoms with Crippen molar-refractivity contribution in [3.8, 4) is 0 Å². The molecule has 0 unspecified atom stereocenters. The van der Waals surface area contributed by atoms with E-state index in [1.807, 2.05) is 6.92 Å². The zero-order chi connectivity index (χ0) is 20.8. The molecule has 4 N–H and O–H groups in total. The number of halogens is 2. The molecule has 0 spiro atoms. The average molecular weight is 407 g/mol. The second-order valence-corrected chi connectivity index (χ2v) is 6.94. The maximum absolute atomic E-state index is 15.3. The van der Waals surface area contributed by atoms with Gasteiger partial charge in [0, 0.05) is 42.9 Å². The summed E-state index contributed by atoms with van der Waals surface area (Å²) in [7, 11) is 1.71. The zero-order valence-corrected chi connectivity index (χ0v) is 16.8. The smallest absolute Gasteiger partial charge is 0.218 e. The molecule has 1 amide bonds. The zero-order valence-electron chi connectivity index (χ0n) is 16.1. The Morgan fingerprint density at radius 2 is 2.00 bits per heavy atom. The largest absolute Gasteiger partial charge is 0.373 e. The Kier molecular flexibility index (Phi) is 7.48. The fraction of sp³-hybridized carbons (Fsp3) is 0.350. The molecule has 2 rings (SSSR count). The second kappa shape index (κ2) is 9.61. The number of anilines is 1. The van der Waals surface area contributed by atoms with Crippen LogP contribution in [0.1, 0.15) is 54.2 Å². The van der Waals surface area contributed by atoms with Crippen molar-refractivity contribution in [2.24, 2.45) is 5.73 Å². The lowest BCUT2D eigenvalue weighted by Crippen LogP contribution is -2.34. The summed E-state index contributed by atoms with van der Waals surface area (Å²) < 4.78 is 15.3. The number of benzene rings is 1. The summed E-state index contributed by atoms with van der Waals surface area (Å²) in [6.07, 6.45) is 2.05. The first-order chi connectivity index (χ1) is 13.3. The molecule has 150 valence electrons. The van der Waals surface area contributed by atoms with Crippen LogP contribution in [0.3, 0.4) is 0 Å². The Bertz CT molecular complexity index is 858. The van der Waals surface area contributed by atoms with Crippen molar-refractivity contribution in [3.63, 3.8) is 0 Å². The molecule has 0 saturated heterocycles. The van der Waals surface area contributed by atoms with Crippen molar-refractivity contribution >= 4 is 29.1 Å². The van der Waals surface area contributed by atoms with Gasteiger partial charge in [0.2, 0.25) is 5.91 Å². The van der Waals surface area contributed by atoms with Gasteiger partial charge >= 0.3 is 0 Å². The number of nitrogens with zero attached hydrogens (tertiary/aromatic N) is 1. The van der Waals surface area contributed by atoms with Gasteiger partial charge in [-0.25, -0.2) is 9.37 Å². The molecule has 0 saturated carbocycles. The first kappa shape index (κ1) is 21.8. The van der Waals surface area contributed by atoms with Gasteiger partial charge in [0.15, 0.2) is 5.78 Å². The minimum Gasteiger partial charge on any atom is -0.373 e. The van der Waals surface area contributed by atoms with Crippen molar-refractivity contribution in [3.05, 3.63) is 58.0 Å². The SMILES string of the molecule is CC[C@@H](N[C@@H](C)CC(N)=O)c1ccc(Cl)c(C(=O)c2ccc(NC)nc2)c1F. The minimum atomic E-state index is -0.680. The third-order valence-electron chi connectivity index (χ3n) is 4.41. The number of amides is 1. The van der Waals surface area contributed by atoms with Gasteiger partial charge in [0.1, 0.15) is 11.6 Å². The standard InChI is InChI=1S/C20H24ClFN4O2/c1-4-15(26-11(2)9-16(23)27)13-6-7-14(21)18(19(13)22)20(28)12-5-8-17(24-3)25-10-12/h5-8,10-11,15,26H,4,9H2,1-3H3,(H2,23,27)(H,24,25)/t11-,15+/m0/s1. The summed E-state index contributed by atoms with van der Waals surface area (Å²) in [5, 5.41) is 6.07. The van der Waals surface area contributed by atoms with Crippen LogP contribution >= 0.6 is 11.6 Å². The number of carbonyl (C=O) groups is 2. The number of ketones is 1. The van der Waals surface area contributed by atoms with E-state index in [-0.39, 0.29) is 28.6 Å². The average Bonchev–Trinajstić information content (AvgIpc) is 2.66. The van der Waals surface area contributed by atoms with E-state index in [0.717, 1.165) is 0 Å². The lowest BCUT2D eigenvalue weighted by atomic mass is 9.96. The lowest BCUT2D eigenvalue weighted by molar-refractivity contribution is -0.118. The number of carbonyl (C=O) groups excluding carboxylic acids is 2. The number of hydrogen-bond donors (Lipinski definition) is 3. The van der Waals surface area contributed by atoms with Crippen molar-refractivity contribution in [2.75, 3.05) is 12.4 Å². The van der Waals surface area contributed by atoms with Crippen molar-refractivity contribution in [1.82, 2.24) is 10.3 Å². The molecule has 0 aliphatic rings. The van der Waals surface area contributed by atoms with Gasteiger partial charge in [-0.05, 0) is 31.5 Å². The van der Waals surface area contributed by atoms with E-state index in [2.05, 4.69) is 15.6 Å². The van der Waals surface area contributed by atoms with E-state index in [1.54, 1.807) is 32.2 Å². The number of rotatable bonds is 9. The number of nitrogens with two attached hydrogens (primary N) is 1. The normalized spacial score (nSPS) is 13.0. The fourth-order valence-electron chi connectivity index (χ4n) is 3.00. The Morgan fingerprint density at radius 3 is 2.54 bits per heavy atom. The number of hydrogen-bond acceptors (Lipinski definition) is 5. The maximum atomic E-state index is 15.3. The molecule has 1 heterocycles. The van der Waals surface area contributed by atoms with Gasteiger partial charge < -0.3 is 16.4 Å². The first-order valence-electron chi connectivity index (χ1n) is 8.99. The van der Waals surface area contributed by atoms with E-state index >= 15 is 4.39 Å². The molecule has 8 heteroatoms. The summed E-state index contributed by atoms with van der Waals surface area (Å²) in [5.41, 5.74) is 5.58. The number of pyridine rings is 1. The molecule has 0 aliphatic carbocycles. The third kappa shape index (κ3) is 5.05. The summed E-state index contributed by atoms with van der Waals surface area (Å²) in [5.74, 6) is -1.07. The van der Waals surface area contributed by atoms with Gasteiger partial charge in [-0.1, -0.05) is 24.6 Å². The molecule has 1 aromatic heterocycles. The predicted octanol–water partition coefficient (Wildman–Crippen LogP) is 3.45. The highest BCUT2D eigenvalue weighted by Gasteiger charge is 2.25. The summed E-state index contributed by atoms with van der Waals surface area (Å²) in [4.78, 5) is 28.1.